The molecule has 7 nitrogen and oxygen atoms in total. The van der Waals surface area contributed by atoms with Crippen molar-refractivity contribution in [1.29, 1.82) is 0 Å². The van der Waals surface area contributed by atoms with Crippen LogP contribution in [0.4, 0.5) is 0 Å². The summed E-state index contributed by atoms with van der Waals surface area (Å²) in [5.41, 5.74) is 3.92. The molecule has 2 atom stereocenters. The number of benzene rings is 1. The number of aromatic nitrogens is 4. The normalized spacial score (nSPS) is 20.2. The van der Waals surface area contributed by atoms with Crippen LogP contribution in [0.25, 0.3) is 22.5 Å². The number of imidazole rings is 1. The molecule has 3 heterocycles. The van der Waals surface area contributed by atoms with Gasteiger partial charge in [-0.25, -0.2) is 4.98 Å². The first-order valence-electron chi connectivity index (χ1n) is 9.16. The summed E-state index contributed by atoms with van der Waals surface area (Å²) in [6, 6.07) is 9.65. The predicted molar refractivity (Wildman–Crippen MR) is 102 cm³/mol. The van der Waals surface area contributed by atoms with Crippen LogP contribution < -0.4 is 0 Å². The third kappa shape index (κ3) is 3.14. The van der Waals surface area contributed by atoms with Crippen LogP contribution in [-0.2, 0) is 11.3 Å². The van der Waals surface area contributed by atoms with E-state index in [9.17, 15) is 9.90 Å². The number of carboxylic acid groups (broad SMARTS) is 1. The molecule has 2 unspecified atom stereocenters. The first-order chi connectivity index (χ1) is 13.1. The summed E-state index contributed by atoms with van der Waals surface area (Å²) >= 11 is 0. The van der Waals surface area contributed by atoms with Gasteiger partial charge in [0, 0.05) is 36.5 Å². The molecule has 1 saturated heterocycles. The van der Waals surface area contributed by atoms with Crippen LogP contribution in [0.15, 0.2) is 49.1 Å². The van der Waals surface area contributed by atoms with Crippen molar-refractivity contribution in [2.75, 3.05) is 13.6 Å². The molecule has 2 aromatic heterocycles. The Labute approximate surface area is 157 Å². The molecule has 140 valence electrons. The highest BCUT2D eigenvalue weighted by atomic mass is 16.4. The van der Waals surface area contributed by atoms with E-state index in [-0.39, 0.29) is 6.04 Å². The number of carbonyl (C=O) groups is 1. The first kappa shape index (κ1) is 17.5. The fourth-order valence-corrected chi connectivity index (χ4v) is 3.85. The van der Waals surface area contributed by atoms with Gasteiger partial charge in [0.2, 0.25) is 0 Å². The van der Waals surface area contributed by atoms with Gasteiger partial charge in [-0.05, 0) is 20.4 Å². The number of carboxylic acids is 1. The lowest BCUT2D eigenvalue weighted by atomic mass is 10.1. The Morgan fingerprint density at radius 1 is 1.26 bits per heavy atom. The van der Waals surface area contributed by atoms with Crippen molar-refractivity contribution in [1.82, 2.24) is 24.2 Å². The van der Waals surface area contributed by atoms with Gasteiger partial charge in [-0.3, -0.25) is 14.4 Å². The summed E-state index contributed by atoms with van der Waals surface area (Å²) in [7, 11) is 1.86. The van der Waals surface area contributed by atoms with Crippen LogP contribution in [-0.4, -0.2) is 54.9 Å². The van der Waals surface area contributed by atoms with Crippen molar-refractivity contribution >= 4 is 5.97 Å². The lowest BCUT2D eigenvalue weighted by Crippen LogP contribution is -2.32. The second-order valence-electron chi connectivity index (χ2n) is 6.98. The third-order valence-corrected chi connectivity index (χ3v) is 5.28. The molecule has 1 N–H and O–H groups in total. The Hall–Kier alpha value is -2.93. The van der Waals surface area contributed by atoms with E-state index >= 15 is 0 Å². The predicted octanol–water partition coefficient (Wildman–Crippen LogP) is 2.76. The molecule has 1 aliphatic heterocycles. The number of likely N-dealkylation sites (tertiary alicyclic amines) is 1. The van der Waals surface area contributed by atoms with Gasteiger partial charge in [0.15, 0.2) is 0 Å². The molecule has 0 spiro atoms. The van der Waals surface area contributed by atoms with E-state index < -0.39 is 12.0 Å². The fourth-order valence-electron chi connectivity index (χ4n) is 3.85. The average Bonchev–Trinajstić information content (AvgIpc) is 3.39. The summed E-state index contributed by atoms with van der Waals surface area (Å²) in [6.07, 6.45) is 6.28. The van der Waals surface area contributed by atoms with E-state index in [0.29, 0.717) is 13.0 Å². The van der Waals surface area contributed by atoms with Gasteiger partial charge in [-0.2, -0.15) is 5.10 Å². The van der Waals surface area contributed by atoms with E-state index in [2.05, 4.69) is 16.6 Å². The summed E-state index contributed by atoms with van der Waals surface area (Å²) in [5.74, 6) is -0.774. The Morgan fingerprint density at radius 3 is 2.67 bits per heavy atom. The minimum Gasteiger partial charge on any atom is -0.480 e. The highest BCUT2D eigenvalue weighted by Gasteiger charge is 2.36. The summed E-state index contributed by atoms with van der Waals surface area (Å²) in [6.45, 7) is 3.52. The molecule has 0 amide bonds. The Kier molecular flexibility index (Phi) is 4.53. The van der Waals surface area contributed by atoms with Gasteiger partial charge < -0.3 is 9.67 Å². The van der Waals surface area contributed by atoms with Crippen LogP contribution >= 0.6 is 0 Å². The van der Waals surface area contributed by atoms with Gasteiger partial charge in [-0.1, -0.05) is 30.3 Å². The molecular weight excluding hydrogens is 342 g/mol. The van der Waals surface area contributed by atoms with E-state index in [1.54, 1.807) is 0 Å². The molecule has 27 heavy (non-hydrogen) atoms. The smallest absolute Gasteiger partial charge is 0.320 e. The molecule has 1 fully saturated rings. The van der Waals surface area contributed by atoms with E-state index in [1.807, 2.05) is 65.7 Å². The number of hydrogen-bond acceptors (Lipinski definition) is 4. The maximum atomic E-state index is 11.5. The Bertz CT molecular complexity index is 946. The van der Waals surface area contributed by atoms with Crippen molar-refractivity contribution in [3.63, 3.8) is 0 Å². The Balaban J connectivity index is 1.81. The maximum absolute atomic E-state index is 11.5. The minimum atomic E-state index is -0.774. The number of aryl methyl sites for hydroxylation is 1. The van der Waals surface area contributed by atoms with Gasteiger partial charge in [0.1, 0.15) is 6.04 Å². The lowest BCUT2D eigenvalue weighted by molar-refractivity contribution is -0.141. The summed E-state index contributed by atoms with van der Waals surface area (Å²) in [4.78, 5) is 18.1. The molecule has 7 heteroatoms. The molecule has 0 saturated carbocycles. The van der Waals surface area contributed by atoms with Gasteiger partial charge in [0.25, 0.3) is 0 Å². The van der Waals surface area contributed by atoms with Crippen molar-refractivity contribution in [2.45, 2.75) is 32.0 Å². The molecular formula is C20H23N5O2. The SMILES string of the molecule is CCn1cc(-c2c(-c3ccccc3)ncn2C2CC(C(=O)O)N(C)C2)cn1. The van der Waals surface area contributed by atoms with Crippen LogP contribution in [0.1, 0.15) is 19.4 Å². The largest absolute Gasteiger partial charge is 0.480 e. The van der Waals surface area contributed by atoms with Crippen LogP contribution in [0.5, 0.6) is 0 Å². The van der Waals surface area contributed by atoms with Crippen LogP contribution in [0.3, 0.4) is 0 Å². The number of hydrogen-bond donors (Lipinski definition) is 1. The monoisotopic (exact) mass is 365 g/mol. The van der Waals surface area contributed by atoms with Crippen molar-refractivity contribution < 1.29 is 9.90 Å². The minimum absolute atomic E-state index is 0.0565. The number of rotatable bonds is 5. The van der Waals surface area contributed by atoms with Gasteiger partial charge in [0.05, 0.1) is 23.9 Å². The topological polar surface area (TPSA) is 76.2 Å². The number of aliphatic carboxylic acids is 1. The molecule has 4 rings (SSSR count). The first-order valence-corrected chi connectivity index (χ1v) is 9.16. The van der Waals surface area contributed by atoms with Crippen molar-refractivity contribution in [2.24, 2.45) is 0 Å². The number of likely N-dealkylation sites (N-methyl/N-ethyl adjacent to an activating group) is 1. The average molecular weight is 365 g/mol. The van der Waals surface area contributed by atoms with Crippen LogP contribution in [0, 0.1) is 0 Å². The van der Waals surface area contributed by atoms with E-state index in [4.69, 9.17) is 4.98 Å². The molecule has 3 aromatic rings. The number of nitrogens with zero attached hydrogens (tertiary/aromatic N) is 5. The van der Waals surface area contributed by atoms with Crippen LogP contribution in [0.2, 0.25) is 0 Å². The van der Waals surface area contributed by atoms with E-state index in [0.717, 1.165) is 29.1 Å². The zero-order valence-corrected chi connectivity index (χ0v) is 15.5. The zero-order chi connectivity index (χ0) is 19.0. The molecule has 0 radical (unpaired) electrons. The van der Waals surface area contributed by atoms with Gasteiger partial charge >= 0.3 is 5.97 Å². The summed E-state index contributed by atoms with van der Waals surface area (Å²) < 4.78 is 4.01. The Morgan fingerprint density at radius 2 is 2.04 bits per heavy atom. The lowest BCUT2D eigenvalue weighted by Gasteiger charge is -2.16. The highest BCUT2D eigenvalue weighted by Crippen LogP contribution is 2.36. The highest BCUT2D eigenvalue weighted by molar-refractivity contribution is 5.78. The van der Waals surface area contributed by atoms with Crippen molar-refractivity contribution in [3.05, 3.63) is 49.1 Å². The standard InChI is InChI=1S/C20H23N5O2/c1-3-24-11-15(10-22-24)19-18(14-7-5-4-6-8-14)21-13-25(19)16-9-17(20(26)27)23(2)12-16/h4-8,10-11,13,16-17H,3,9,12H2,1-2H3,(H,26,27). The fraction of sp³-hybridized carbons (Fsp3) is 0.350. The quantitative estimate of drug-likeness (QED) is 0.752. The molecule has 1 aliphatic rings. The maximum Gasteiger partial charge on any atom is 0.320 e. The van der Waals surface area contributed by atoms with Crippen molar-refractivity contribution in [3.8, 4) is 22.5 Å². The molecule has 0 aliphatic carbocycles. The van der Waals surface area contributed by atoms with E-state index in [1.165, 1.54) is 0 Å². The van der Waals surface area contributed by atoms with Gasteiger partial charge in [-0.15, -0.1) is 0 Å². The third-order valence-electron chi connectivity index (χ3n) is 5.28. The molecule has 0 bridgehead atoms. The second-order valence-corrected chi connectivity index (χ2v) is 6.98. The molecule has 1 aromatic carbocycles. The second kappa shape index (κ2) is 7.00. The zero-order valence-electron chi connectivity index (χ0n) is 15.5. The summed E-state index contributed by atoms with van der Waals surface area (Å²) in [5, 5.41) is 13.9.